The molecule has 0 aromatic heterocycles. The number of piperidine rings is 1. The zero-order valence-electron chi connectivity index (χ0n) is 18.7. The van der Waals surface area contributed by atoms with E-state index < -0.39 is 5.60 Å². The van der Waals surface area contributed by atoms with Gasteiger partial charge in [-0.15, -0.1) is 0 Å². The summed E-state index contributed by atoms with van der Waals surface area (Å²) in [6, 6.07) is 17.1. The molecule has 2 aliphatic heterocycles. The fourth-order valence-corrected chi connectivity index (χ4v) is 7.21. The van der Waals surface area contributed by atoms with Crippen LogP contribution < -0.4 is 0 Å². The average molecular weight is 432 g/mol. The number of amides is 1. The number of aliphatic hydroxyl groups is 1. The molecule has 4 heteroatoms. The predicted molar refractivity (Wildman–Crippen MR) is 124 cm³/mol. The highest BCUT2D eigenvalue weighted by molar-refractivity contribution is 5.79. The molecule has 0 radical (unpaired) electrons. The summed E-state index contributed by atoms with van der Waals surface area (Å²) < 4.78 is 5.97. The molecule has 32 heavy (non-hydrogen) atoms. The Morgan fingerprint density at radius 2 is 1.47 bits per heavy atom. The fourth-order valence-electron chi connectivity index (χ4n) is 7.21. The molecule has 2 aromatic rings. The second-order valence-electron chi connectivity index (χ2n) is 10.6. The molecule has 6 rings (SSSR count). The molecule has 2 aliphatic carbocycles. The Hall–Kier alpha value is -2.33. The Morgan fingerprint density at radius 1 is 0.906 bits per heavy atom. The van der Waals surface area contributed by atoms with E-state index in [1.165, 1.54) is 47.9 Å². The number of hydrogen-bond donors (Lipinski definition) is 1. The maximum absolute atomic E-state index is 13.2. The third-order valence-electron chi connectivity index (χ3n) is 8.54. The normalized spacial score (nSPS) is 29.2. The van der Waals surface area contributed by atoms with Gasteiger partial charge in [0.2, 0.25) is 0 Å². The Bertz CT molecular complexity index is 952. The number of fused-ring (bicyclic) bond motifs is 5. The van der Waals surface area contributed by atoms with Crippen molar-refractivity contribution in [1.29, 1.82) is 0 Å². The molecule has 168 valence electrons. The van der Waals surface area contributed by atoms with Crippen molar-refractivity contribution in [3.8, 4) is 11.1 Å². The van der Waals surface area contributed by atoms with Crippen molar-refractivity contribution < 1.29 is 14.6 Å². The highest BCUT2D eigenvalue weighted by Gasteiger charge is 2.50. The van der Waals surface area contributed by atoms with Gasteiger partial charge < -0.3 is 14.7 Å². The first-order valence-corrected chi connectivity index (χ1v) is 12.5. The molecule has 2 saturated heterocycles. The van der Waals surface area contributed by atoms with Crippen molar-refractivity contribution in [2.75, 3.05) is 6.61 Å². The standard InChI is InChI=1S/C28H33NO3/c30-27(29-20-13-14-21(29)17-28(31,16-20)15-19-7-1-2-8-19)32-18-26-24-11-5-3-9-22(24)23-10-4-6-12-25(23)26/h3-6,9-12,19-21,26,31H,1-2,7-8,13-18H2. The molecule has 1 amide bonds. The molecular weight excluding hydrogens is 398 g/mol. The van der Waals surface area contributed by atoms with Crippen molar-refractivity contribution >= 4 is 6.09 Å². The van der Waals surface area contributed by atoms with Gasteiger partial charge >= 0.3 is 6.09 Å². The summed E-state index contributed by atoms with van der Waals surface area (Å²) >= 11 is 0. The molecule has 4 nitrogen and oxygen atoms in total. The summed E-state index contributed by atoms with van der Waals surface area (Å²) in [5.74, 6) is 0.758. The minimum Gasteiger partial charge on any atom is -0.448 e. The summed E-state index contributed by atoms with van der Waals surface area (Å²) in [5.41, 5.74) is 4.39. The van der Waals surface area contributed by atoms with Gasteiger partial charge in [-0.25, -0.2) is 4.79 Å². The molecule has 2 heterocycles. The third-order valence-corrected chi connectivity index (χ3v) is 8.54. The topological polar surface area (TPSA) is 49.8 Å². The Morgan fingerprint density at radius 3 is 2.06 bits per heavy atom. The predicted octanol–water partition coefficient (Wildman–Crippen LogP) is 5.87. The highest BCUT2D eigenvalue weighted by atomic mass is 16.6. The van der Waals surface area contributed by atoms with Crippen LogP contribution in [0.2, 0.25) is 0 Å². The summed E-state index contributed by atoms with van der Waals surface area (Å²) in [5, 5.41) is 11.4. The first kappa shape index (κ1) is 20.3. The Labute approximate surface area is 190 Å². The van der Waals surface area contributed by atoms with Crippen LogP contribution in [0.5, 0.6) is 0 Å². The number of benzene rings is 2. The van der Waals surface area contributed by atoms with Crippen LogP contribution in [0.3, 0.4) is 0 Å². The number of hydrogen-bond acceptors (Lipinski definition) is 3. The molecule has 3 fully saturated rings. The first-order valence-electron chi connectivity index (χ1n) is 12.5. The van der Waals surface area contributed by atoms with Crippen molar-refractivity contribution in [2.24, 2.45) is 5.92 Å². The quantitative estimate of drug-likeness (QED) is 0.658. The second kappa shape index (κ2) is 7.91. The van der Waals surface area contributed by atoms with E-state index in [-0.39, 0.29) is 24.1 Å². The largest absolute Gasteiger partial charge is 0.448 e. The Kier molecular flexibility index (Phi) is 5.02. The van der Waals surface area contributed by atoms with E-state index >= 15 is 0 Å². The van der Waals surface area contributed by atoms with Crippen molar-refractivity contribution in [2.45, 2.75) is 81.4 Å². The molecule has 2 bridgehead atoms. The van der Waals surface area contributed by atoms with E-state index in [1.807, 2.05) is 4.90 Å². The highest BCUT2D eigenvalue weighted by Crippen LogP contribution is 2.47. The maximum atomic E-state index is 13.2. The lowest BCUT2D eigenvalue weighted by Gasteiger charge is -2.44. The van der Waals surface area contributed by atoms with Crippen LogP contribution in [0.1, 0.15) is 74.8 Å². The van der Waals surface area contributed by atoms with Crippen LogP contribution in [0, 0.1) is 5.92 Å². The van der Waals surface area contributed by atoms with E-state index in [2.05, 4.69) is 48.5 Å². The molecular formula is C28H33NO3. The smallest absolute Gasteiger partial charge is 0.410 e. The van der Waals surface area contributed by atoms with E-state index in [0.29, 0.717) is 25.4 Å². The number of nitrogens with zero attached hydrogens (tertiary/aromatic N) is 1. The first-order chi connectivity index (χ1) is 15.6. The molecule has 1 saturated carbocycles. The van der Waals surface area contributed by atoms with Gasteiger partial charge in [-0.2, -0.15) is 0 Å². The summed E-state index contributed by atoms with van der Waals surface area (Å²) in [7, 11) is 0. The minimum absolute atomic E-state index is 0.0908. The number of carbonyl (C=O) groups is 1. The average Bonchev–Trinajstić information content (AvgIpc) is 3.48. The van der Waals surface area contributed by atoms with Crippen LogP contribution in [0.15, 0.2) is 48.5 Å². The number of ether oxygens (including phenoxy) is 1. The van der Waals surface area contributed by atoms with Crippen molar-refractivity contribution in [1.82, 2.24) is 4.90 Å². The zero-order valence-corrected chi connectivity index (χ0v) is 18.7. The van der Waals surface area contributed by atoms with E-state index in [9.17, 15) is 9.90 Å². The van der Waals surface area contributed by atoms with Gasteiger partial charge in [0.15, 0.2) is 0 Å². The zero-order chi connectivity index (χ0) is 21.7. The van der Waals surface area contributed by atoms with Crippen LogP contribution >= 0.6 is 0 Å². The van der Waals surface area contributed by atoms with Gasteiger partial charge in [0.1, 0.15) is 6.61 Å². The van der Waals surface area contributed by atoms with Crippen LogP contribution in [-0.4, -0.2) is 40.4 Å². The number of carbonyl (C=O) groups excluding carboxylic acids is 1. The van der Waals surface area contributed by atoms with Crippen molar-refractivity contribution in [3.63, 3.8) is 0 Å². The third kappa shape index (κ3) is 3.44. The van der Waals surface area contributed by atoms with Gasteiger partial charge in [-0.1, -0.05) is 74.2 Å². The summed E-state index contributed by atoms with van der Waals surface area (Å²) in [6.07, 6.45) is 9.25. The molecule has 2 aromatic carbocycles. The lowest BCUT2D eigenvalue weighted by molar-refractivity contribution is -0.0621. The molecule has 0 spiro atoms. The van der Waals surface area contributed by atoms with Crippen LogP contribution in [0.4, 0.5) is 4.79 Å². The van der Waals surface area contributed by atoms with E-state index in [4.69, 9.17) is 4.74 Å². The van der Waals surface area contributed by atoms with Gasteiger partial charge in [-0.05, 0) is 60.3 Å². The van der Waals surface area contributed by atoms with E-state index in [1.54, 1.807) is 0 Å². The molecule has 2 unspecified atom stereocenters. The summed E-state index contributed by atoms with van der Waals surface area (Å²) in [6.45, 7) is 0.370. The van der Waals surface area contributed by atoms with Gasteiger partial charge in [0.25, 0.3) is 0 Å². The molecule has 2 atom stereocenters. The number of rotatable bonds is 4. The summed E-state index contributed by atoms with van der Waals surface area (Å²) in [4.78, 5) is 15.2. The van der Waals surface area contributed by atoms with Gasteiger partial charge in [0, 0.05) is 18.0 Å². The van der Waals surface area contributed by atoms with Gasteiger partial charge in [-0.3, -0.25) is 0 Å². The fraction of sp³-hybridized carbons (Fsp3) is 0.536. The van der Waals surface area contributed by atoms with Crippen molar-refractivity contribution in [3.05, 3.63) is 59.7 Å². The monoisotopic (exact) mass is 431 g/mol. The van der Waals surface area contributed by atoms with Gasteiger partial charge in [0.05, 0.1) is 5.60 Å². The Balaban J connectivity index is 1.14. The van der Waals surface area contributed by atoms with Crippen LogP contribution in [0.25, 0.3) is 11.1 Å². The SMILES string of the molecule is O=C(OCC1c2ccccc2-c2ccccc21)N1C2CCC1CC(O)(CC1CCCC1)C2. The lowest BCUT2D eigenvalue weighted by atomic mass is 9.79. The van der Waals surface area contributed by atoms with E-state index in [0.717, 1.165) is 19.3 Å². The van der Waals surface area contributed by atoms with Crippen LogP contribution in [-0.2, 0) is 4.74 Å². The minimum atomic E-state index is -0.596. The lowest BCUT2D eigenvalue weighted by Crippen LogP contribution is -2.53. The molecule has 4 aliphatic rings. The second-order valence-corrected chi connectivity index (χ2v) is 10.6. The maximum Gasteiger partial charge on any atom is 0.410 e. The molecule has 1 N–H and O–H groups in total.